The van der Waals surface area contributed by atoms with Crippen molar-refractivity contribution in [2.24, 2.45) is 5.16 Å². The van der Waals surface area contributed by atoms with Crippen LogP contribution in [0.4, 0.5) is 5.69 Å². The summed E-state index contributed by atoms with van der Waals surface area (Å²) < 4.78 is 0. The maximum Gasteiger partial charge on any atom is 0.270 e. The van der Waals surface area contributed by atoms with Crippen molar-refractivity contribution in [1.82, 2.24) is 0 Å². The summed E-state index contributed by atoms with van der Waals surface area (Å²) in [4.78, 5) is 15.3. The van der Waals surface area contributed by atoms with Gasteiger partial charge in [-0.1, -0.05) is 41.0 Å². The molecule has 0 spiro atoms. The number of halogens is 1. The van der Waals surface area contributed by atoms with Crippen LogP contribution in [0.25, 0.3) is 0 Å². The van der Waals surface area contributed by atoms with E-state index in [4.69, 9.17) is 16.4 Å². The van der Waals surface area contributed by atoms with Gasteiger partial charge in [0, 0.05) is 22.7 Å². The van der Waals surface area contributed by atoms with E-state index in [-0.39, 0.29) is 5.69 Å². The molecule has 0 aliphatic heterocycles. The van der Waals surface area contributed by atoms with Gasteiger partial charge in [0.25, 0.3) is 5.69 Å². The summed E-state index contributed by atoms with van der Waals surface area (Å²) in [5.74, 6) is 0. The van der Waals surface area contributed by atoms with Gasteiger partial charge in [0.15, 0.2) is 0 Å². The lowest BCUT2D eigenvalue weighted by molar-refractivity contribution is -0.384. The van der Waals surface area contributed by atoms with Crippen molar-refractivity contribution in [3.63, 3.8) is 0 Å². The summed E-state index contributed by atoms with van der Waals surface area (Å²) in [5, 5.41) is 15.1. The third kappa shape index (κ3) is 4.07. The molecule has 0 radical (unpaired) electrons. The van der Waals surface area contributed by atoms with Crippen molar-refractivity contribution in [3.05, 3.63) is 74.8 Å². The standard InChI is InChI=1S/C14H11ClN2O3/c15-13-6-4-11(5-7-13)10-20-16-9-12-2-1-3-14(8-12)17(18)19/h1-9H,10H2/b16-9-. The Labute approximate surface area is 120 Å². The average molecular weight is 291 g/mol. The zero-order valence-electron chi connectivity index (χ0n) is 10.4. The molecule has 5 nitrogen and oxygen atoms in total. The van der Waals surface area contributed by atoms with Gasteiger partial charge >= 0.3 is 0 Å². The van der Waals surface area contributed by atoms with Gasteiger partial charge in [-0.25, -0.2) is 0 Å². The average Bonchev–Trinajstić information content (AvgIpc) is 2.46. The molecule has 2 rings (SSSR count). The Morgan fingerprint density at radius 3 is 2.70 bits per heavy atom. The van der Waals surface area contributed by atoms with Crippen LogP contribution in [0.5, 0.6) is 0 Å². The summed E-state index contributed by atoms with van der Waals surface area (Å²) in [6.07, 6.45) is 1.43. The highest BCUT2D eigenvalue weighted by Crippen LogP contribution is 2.12. The Morgan fingerprint density at radius 2 is 2.00 bits per heavy atom. The SMILES string of the molecule is O=[N+]([O-])c1cccc(/C=N\OCc2ccc(Cl)cc2)c1. The fraction of sp³-hybridized carbons (Fsp3) is 0.0714. The quantitative estimate of drug-likeness (QED) is 0.478. The van der Waals surface area contributed by atoms with Crippen LogP contribution in [0, 0.1) is 10.1 Å². The first-order valence-electron chi connectivity index (χ1n) is 5.79. The lowest BCUT2D eigenvalue weighted by Gasteiger charge is -1.99. The summed E-state index contributed by atoms with van der Waals surface area (Å²) in [7, 11) is 0. The molecule has 0 bridgehead atoms. The normalized spacial score (nSPS) is 10.7. The Morgan fingerprint density at radius 1 is 1.25 bits per heavy atom. The van der Waals surface area contributed by atoms with E-state index in [0.717, 1.165) is 5.56 Å². The topological polar surface area (TPSA) is 64.7 Å². The van der Waals surface area contributed by atoms with Gasteiger partial charge in [-0.15, -0.1) is 0 Å². The van der Waals surface area contributed by atoms with E-state index in [1.54, 1.807) is 24.3 Å². The maximum absolute atomic E-state index is 10.6. The lowest BCUT2D eigenvalue weighted by Crippen LogP contribution is -1.91. The number of oxime groups is 1. The molecular weight excluding hydrogens is 280 g/mol. The van der Waals surface area contributed by atoms with Crippen molar-refractivity contribution < 1.29 is 9.76 Å². The predicted molar refractivity (Wildman–Crippen MR) is 76.9 cm³/mol. The molecule has 20 heavy (non-hydrogen) atoms. The first-order chi connectivity index (χ1) is 9.65. The van der Waals surface area contributed by atoms with E-state index in [0.29, 0.717) is 17.2 Å². The number of non-ortho nitro benzene ring substituents is 1. The molecule has 2 aromatic carbocycles. The van der Waals surface area contributed by atoms with Crippen LogP contribution in [0.3, 0.4) is 0 Å². The first-order valence-corrected chi connectivity index (χ1v) is 6.17. The van der Waals surface area contributed by atoms with Gasteiger partial charge in [-0.3, -0.25) is 10.1 Å². The molecule has 2 aromatic rings. The zero-order chi connectivity index (χ0) is 14.4. The van der Waals surface area contributed by atoms with E-state index in [9.17, 15) is 10.1 Å². The van der Waals surface area contributed by atoms with Crippen LogP contribution < -0.4 is 0 Å². The highest BCUT2D eigenvalue weighted by molar-refractivity contribution is 6.30. The molecule has 0 heterocycles. The van der Waals surface area contributed by atoms with Gasteiger partial charge < -0.3 is 4.84 Å². The maximum atomic E-state index is 10.6. The number of nitro benzene ring substituents is 1. The third-order valence-corrected chi connectivity index (χ3v) is 2.75. The second-order valence-corrected chi connectivity index (χ2v) is 4.42. The van der Waals surface area contributed by atoms with Crippen LogP contribution >= 0.6 is 11.6 Å². The first kappa shape index (κ1) is 14.0. The molecule has 0 aliphatic rings. The second kappa shape index (κ2) is 6.68. The highest BCUT2D eigenvalue weighted by atomic mass is 35.5. The summed E-state index contributed by atoms with van der Waals surface area (Å²) in [5.41, 5.74) is 1.56. The Hall–Kier alpha value is -2.40. The molecule has 0 saturated heterocycles. The van der Waals surface area contributed by atoms with Crippen molar-refractivity contribution in [2.45, 2.75) is 6.61 Å². The number of hydrogen-bond acceptors (Lipinski definition) is 4. The molecule has 6 heteroatoms. The van der Waals surface area contributed by atoms with Crippen molar-refractivity contribution in [2.75, 3.05) is 0 Å². The Balaban J connectivity index is 1.91. The second-order valence-electron chi connectivity index (χ2n) is 3.99. The molecular formula is C14H11ClN2O3. The molecule has 0 fully saturated rings. The van der Waals surface area contributed by atoms with Crippen LogP contribution in [-0.4, -0.2) is 11.1 Å². The lowest BCUT2D eigenvalue weighted by atomic mass is 10.2. The van der Waals surface area contributed by atoms with Gasteiger partial charge in [-0.2, -0.15) is 0 Å². The summed E-state index contributed by atoms with van der Waals surface area (Å²) in [6, 6.07) is 13.4. The fourth-order valence-electron chi connectivity index (χ4n) is 1.51. The van der Waals surface area contributed by atoms with E-state index in [1.165, 1.54) is 18.3 Å². The van der Waals surface area contributed by atoms with Gasteiger partial charge in [0.05, 0.1) is 11.1 Å². The Kier molecular flexibility index (Phi) is 4.68. The van der Waals surface area contributed by atoms with Crippen LogP contribution in [0.1, 0.15) is 11.1 Å². The minimum Gasteiger partial charge on any atom is -0.391 e. The van der Waals surface area contributed by atoms with Crippen molar-refractivity contribution >= 4 is 23.5 Å². The molecule has 0 unspecified atom stereocenters. The number of hydrogen-bond donors (Lipinski definition) is 0. The molecule has 0 saturated carbocycles. The van der Waals surface area contributed by atoms with Gasteiger partial charge in [0.2, 0.25) is 0 Å². The third-order valence-electron chi connectivity index (χ3n) is 2.50. The largest absolute Gasteiger partial charge is 0.391 e. The summed E-state index contributed by atoms with van der Waals surface area (Å²) in [6.45, 7) is 0.308. The molecule has 0 atom stereocenters. The minimum absolute atomic E-state index is 0.0200. The molecule has 0 aromatic heterocycles. The molecule has 102 valence electrons. The Bertz CT molecular complexity index is 627. The van der Waals surface area contributed by atoms with Crippen molar-refractivity contribution in [3.8, 4) is 0 Å². The van der Waals surface area contributed by atoms with E-state index < -0.39 is 4.92 Å². The number of nitrogens with zero attached hydrogens (tertiary/aromatic N) is 2. The van der Waals surface area contributed by atoms with Crippen LogP contribution in [0.2, 0.25) is 5.02 Å². The van der Waals surface area contributed by atoms with Gasteiger partial charge in [0.1, 0.15) is 6.61 Å². The number of rotatable bonds is 5. The minimum atomic E-state index is -0.452. The summed E-state index contributed by atoms with van der Waals surface area (Å²) >= 11 is 5.77. The van der Waals surface area contributed by atoms with E-state index in [1.807, 2.05) is 12.1 Å². The van der Waals surface area contributed by atoms with Crippen LogP contribution in [-0.2, 0) is 11.4 Å². The predicted octanol–water partition coefficient (Wildman–Crippen LogP) is 3.80. The van der Waals surface area contributed by atoms with Crippen LogP contribution in [0.15, 0.2) is 53.7 Å². The van der Waals surface area contributed by atoms with E-state index in [2.05, 4.69) is 5.16 Å². The highest BCUT2D eigenvalue weighted by Gasteiger charge is 2.03. The molecule has 0 aliphatic carbocycles. The smallest absolute Gasteiger partial charge is 0.270 e. The zero-order valence-corrected chi connectivity index (χ0v) is 11.2. The van der Waals surface area contributed by atoms with Crippen molar-refractivity contribution in [1.29, 1.82) is 0 Å². The number of nitro groups is 1. The van der Waals surface area contributed by atoms with E-state index >= 15 is 0 Å². The molecule has 0 amide bonds. The van der Waals surface area contributed by atoms with Gasteiger partial charge in [-0.05, 0) is 17.7 Å². The monoisotopic (exact) mass is 290 g/mol. The molecule has 0 N–H and O–H groups in total. The number of benzene rings is 2. The fourth-order valence-corrected chi connectivity index (χ4v) is 1.64.